The molecule has 3 rings (SSSR count). The van der Waals surface area contributed by atoms with Gasteiger partial charge >= 0.3 is 0 Å². The second-order valence-electron chi connectivity index (χ2n) is 4.74. The Morgan fingerprint density at radius 2 is 2.00 bits per heavy atom. The zero-order valence-electron chi connectivity index (χ0n) is 13.1. The number of thioether (sulfide) groups is 1. The molecule has 9 heteroatoms. The molecule has 2 aromatic heterocycles. The van der Waals surface area contributed by atoms with E-state index in [4.69, 9.17) is 13.6 Å². The number of nitrogens with one attached hydrogen (secondary N) is 1. The number of hydrogen-bond donors (Lipinski definition) is 1. The molecule has 3 aromatic rings. The quantitative estimate of drug-likeness (QED) is 0.669. The first-order valence-electron chi connectivity index (χ1n) is 7.14. The van der Waals surface area contributed by atoms with E-state index in [1.807, 2.05) is 0 Å². The van der Waals surface area contributed by atoms with Crippen LogP contribution < -0.4 is 10.1 Å². The van der Waals surface area contributed by atoms with Crippen molar-refractivity contribution < 1.29 is 23.2 Å². The van der Waals surface area contributed by atoms with Gasteiger partial charge in [-0.3, -0.25) is 14.9 Å². The number of hydrogen-bond acceptors (Lipinski definition) is 8. The lowest BCUT2D eigenvalue weighted by atomic mass is 10.2. The molecule has 1 N–H and O–H groups in total. The summed E-state index contributed by atoms with van der Waals surface area (Å²) in [6, 6.07) is 9.81. The molecule has 0 aliphatic heterocycles. The van der Waals surface area contributed by atoms with Crippen molar-refractivity contribution in [3.8, 4) is 17.4 Å². The van der Waals surface area contributed by atoms with Crippen LogP contribution in [-0.4, -0.2) is 34.9 Å². The van der Waals surface area contributed by atoms with Crippen LogP contribution in [0.15, 0.2) is 56.7 Å². The third-order valence-corrected chi connectivity index (χ3v) is 3.89. The van der Waals surface area contributed by atoms with E-state index in [0.717, 1.165) is 11.8 Å². The van der Waals surface area contributed by atoms with E-state index >= 15 is 0 Å². The first kappa shape index (κ1) is 16.8. The van der Waals surface area contributed by atoms with Crippen LogP contribution in [0.3, 0.4) is 0 Å². The summed E-state index contributed by atoms with van der Waals surface area (Å²) in [5.41, 5.74) is 0.358. The molecule has 128 valence electrons. The third-order valence-electron chi connectivity index (χ3n) is 3.07. The molecule has 2 amide bonds. The highest BCUT2D eigenvalue weighted by molar-refractivity contribution is 7.99. The van der Waals surface area contributed by atoms with Crippen molar-refractivity contribution in [2.45, 2.75) is 5.22 Å². The number of amides is 2. The maximum atomic E-state index is 12.0. The van der Waals surface area contributed by atoms with Crippen LogP contribution in [0.2, 0.25) is 0 Å². The van der Waals surface area contributed by atoms with E-state index in [-0.39, 0.29) is 16.9 Å². The number of benzene rings is 1. The van der Waals surface area contributed by atoms with Crippen LogP contribution in [0, 0.1) is 0 Å². The first-order chi connectivity index (χ1) is 12.2. The Labute approximate surface area is 146 Å². The predicted molar refractivity (Wildman–Crippen MR) is 88.2 cm³/mol. The maximum Gasteiger partial charge on any atom is 0.284 e. The van der Waals surface area contributed by atoms with Gasteiger partial charge < -0.3 is 13.6 Å². The number of ether oxygens (including phenoxy) is 1. The Morgan fingerprint density at radius 1 is 1.20 bits per heavy atom. The van der Waals surface area contributed by atoms with Crippen molar-refractivity contribution in [3.05, 3.63) is 48.2 Å². The van der Waals surface area contributed by atoms with Gasteiger partial charge in [0, 0.05) is 5.56 Å². The Morgan fingerprint density at radius 3 is 2.68 bits per heavy atom. The summed E-state index contributed by atoms with van der Waals surface area (Å²) in [4.78, 5) is 23.9. The highest BCUT2D eigenvalue weighted by atomic mass is 32.2. The average molecular weight is 359 g/mol. The minimum atomic E-state index is -0.491. The summed E-state index contributed by atoms with van der Waals surface area (Å²) in [5, 5.41) is 10.1. The number of nitrogens with zero attached hydrogens (tertiary/aromatic N) is 2. The van der Waals surface area contributed by atoms with E-state index in [2.05, 4.69) is 15.5 Å². The number of carbonyl (C=O) groups excluding carboxylic acids is 2. The summed E-state index contributed by atoms with van der Waals surface area (Å²) < 4.78 is 15.5. The monoisotopic (exact) mass is 359 g/mol. The smallest absolute Gasteiger partial charge is 0.284 e. The topological polar surface area (TPSA) is 107 Å². The van der Waals surface area contributed by atoms with Gasteiger partial charge in [0.1, 0.15) is 5.75 Å². The largest absolute Gasteiger partial charge is 0.497 e. The van der Waals surface area contributed by atoms with Crippen LogP contribution in [0.5, 0.6) is 5.75 Å². The predicted octanol–water partition coefficient (Wildman–Crippen LogP) is 2.39. The van der Waals surface area contributed by atoms with Gasteiger partial charge in [-0.1, -0.05) is 11.8 Å². The standard InChI is InChI=1S/C16H13N3O5S/c1-22-11-6-4-10(5-7-11)14(21)17-13(20)9-25-16-19-18-15(24-16)12-3-2-8-23-12/h2-8H,9H2,1H3,(H,17,20,21). The van der Waals surface area contributed by atoms with Crippen LogP contribution in [0.25, 0.3) is 11.7 Å². The molecule has 1 aromatic carbocycles. The number of rotatable bonds is 6. The van der Waals surface area contributed by atoms with E-state index in [1.54, 1.807) is 36.4 Å². The Kier molecular flexibility index (Phi) is 5.14. The van der Waals surface area contributed by atoms with Crippen molar-refractivity contribution >= 4 is 23.6 Å². The molecule has 0 saturated carbocycles. The van der Waals surface area contributed by atoms with Gasteiger partial charge in [-0.25, -0.2) is 0 Å². The highest BCUT2D eigenvalue weighted by Crippen LogP contribution is 2.23. The first-order valence-corrected chi connectivity index (χ1v) is 8.12. The normalized spacial score (nSPS) is 10.4. The van der Waals surface area contributed by atoms with Crippen LogP contribution in [-0.2, 0) is 4.79 Å². The van der Waals surface area contributed by atoms with E-state index in [0.29, 0.717) is 17.1 Å². The molecule has 0 saturated heterocycles. The van der Waals surface area contributed by atoms with Crippen LogP contribution in [0.4, 0.5) is 0 Å². The highest BCUT2D eigenvalue weighted by Gasteiger charge is 2.15. The van der Waals surface area contributed by atoms with Gasteiger partial charge in [0.25, 0.3) is 17.0 Å². The van der Waals surface area contributed by atoms with Crippen molar-refractivity contribution in [2.75, 3.05) is 12.9 Å². The van der Waals surface area contributed by atoms with Crippen molar-refractivity contribution in [2.24, 2.45) is 0 Å². The number of aromatic nitrogens is 2. The summed E-state index contributed by atoms with van der Waals surface area (Å²) in [6.45, 7) is 0. The second-order valence-corrected chi connectivity index (χ2v) is 5.67. The van der Waals surface area contributed by atoms with Gasteiger partial charge in [-0.2, -0.15) is 0 Å². The summed E-state index contributed by atoms with van der Waals surface area (Å²) in [7, 11) is 1.53. The molecular formula is C16H13N3O5S. The third kappa shape index (κ3) is 4.27. The molecule has 0 unspecified atom stereocenters. The molecule has 0 bridgehead atoms. The molecule has 0 aliphatic carbocycles. The molecule has 8 nitrogen and oxygen atoms in total. The number of furan rings is 1. The minimum Gasteiger partial charge on any atom is -0.497 e. The van der Waals surface area contributed by atoms with Gasteiger partial charge in [0.05, 0.1) is 19.1 Å². The zero-order chi connectivity index (χ0) is 17.6. The van der Waals surface area contributed by atoms with Gasteiger partial charge in [0.15, 0.2) is 5.76 Å². The minimum absolute atomic E-state index is 0.0400. The van der Waals surface area contributed by atoms with Crippen LogP contribution in [0.1, 0.15) is 10.4 Å². The second kappa shape index (κ2) is 7.67. The summed E-state index contributed by atoms with van der Waals surface area (Å²) in [5.74, 6) is 0.295. The van der Waals surface area contributed by atoms with Crippen molar-refractivity contribution in [1.82, 2.24) is 15.5 Å². The fourth-order valence-electron chi connectivity index (χ4n) is 1.87. The Hall–Kier alpha value is -3.07. The van der Waals surface area contributed by atoms with E-state index in [9.17, 15) is 9.59 Å². The molecule has 0 atom stereocenters. The average Bonchev–Trinajstić information content (AvgIpc) is 3.31. The molecule has 0 fully saturated rings. The maximum absolute atomic E-state index is 12.0. The lowest BCUT2D eigenvalue weighted by Gasteiger charge is -2.04. The lowest BCUT2D eigenvalue weighted by molar-refractivity contribution is -0.117. The zero-order valence-corrected chi connectivity index (χ0v) is 13.9. The number of imide groups is 1. The Balaban J connectivity index is 1.51. The summed E-state index contributed by atoms with van der Waals surface area (Å²) in [6.07, 6.45) is 1.49. The van der Waals surface area contributed by atoms with Crippen LogP contribution >= 0.6 is 11.8 Å². The fraction of sp³-hybridized carbons (Fsp3) is 0.125. The molecule has 2 heterocycles. The van der Waals surface area contributed by atoms with E-state index < -0.39 is 11.8 Å². The van der Waals surface area contributed by atoms with Gasteiger partial charge in [-0.05, 0) is 36.4 Å². The molecule has 0 spiro atoms. The molecule has 0 aliphatic rings. The SMILES string of the molecule is COc1ccc(C(=O)NC(=O)CSc2nnc(-c3ccco3)o2)cc1. The molecular weight excluding hydrogens is 346 g/mol. The van der Waals surface area contributed by atoms with Crippen molar-refractivity contribution in [3.63, 3.8) is 0 Å². The van der Waals surface area contributed by atoms with Gasteiger partial charge in [0.2, 0.25) is 5.91 Å². The van der Waals surface area contributed by atoms with Crippen molar-refractivity contribution in [1.29, 1.82) is 0 Å². The summed E-state index contributed by atoms with van der Waals surface area (Å²) >= 11 is 1.02. The van der Waals surface area contributed by atoms with E-state index in [1.165, 1.54) is 13.4 Å². The number of methoxy groups -OCH3 is 1. The Bertz CT molecular complexity index is 858. The number of carbonyl (C=O) groups is 2. The van der Waals surface area contributed by atoms with Gasteiger partial charge in [-0.15, -0.1) is 10.2 Å². The lowest BCUT2D eigenvalue weighted by Crippen LogP contribution is -2.31. The fourth-order valence-corrected chi connectivity index (χ4v) is 2.44. The molecule has 25 heavy (non-hydrogen) atoms. The molecule has 0 radical (unpaired) electrons.